The van der Waals surface area contributed by atoms with Gasteiger partial charge in [-0.15, -0.1) is 0 Å². The Labute approximate surface area is 150 Å². The summed E-state index contributed by atoms with van der Waals surface area (Å²) >= 11 is 0. The van der Waals surface area contributed by atoms with Gasteiger partial charge >= 0.3 is 5.97 Å². The molecule has 7 heteroatoms. The number of carbonyl (C=O) groups is 2. The van der Waals surface area contributed by atoms with E-state index in [9.17, 15) is 9.59 Å². The summed E-state index contributed by atoms with van der Waals surface area (Å²) in [6, 6.07) is 9.15. The molecule has 0 aliphatic carbocycles. The number of carbonyl (C=O) groups excluding carboxylic acids is 2. The van der Waals surface area contributed by atoms with Crippen LogP contribution in [0.25, 0.3) is 10.9 Å². The lowest BCUT2D eigenvalue weighted by molar-refractivity contribution is -0.123. The first-order valence-electron chi connectivity index (χ1n) is 8.18. The number of ether oxygens (including phenoxy) is 1. The van der Waals surface area contributed by atoms with Crippen LogP contribution in [0.4, 0.5) is 5.82 Å². The summed E-state index contributed by atoms with van der Waals surface area (Å²) in [7, 11) is 0. The van der Waals surface area contributed by atoms with Gasteiger partial charge in [-0.1, -0.05) is 23.4 Å². The average Bonchev–Trinajstić information content (AvgIpc) is 2.99. The van der Waals surface area contributed by atoms with Crippen molar-refractivity contribution in [1.29, 1.82) is 0 Å². The van der Waals surface area contributed by atoms with Crippen LogP contribution in [0.3, 0.4) is 0 Å². The summed E-state index contributed by atoms with van der Waals surface area (Å²) in [6.07, 6.45) is -0.996. The minimum Gasteiger partial charge on any atom is -0.449 e. The SMILES string of the molecule is Cc1cc(NC(=O)[C@@H](C)OC(=O)c2c(C)nc3ccccc3c2C)no1. The van der Waals surface area contributed by atoms with E-state index in [2.05, 4.69) is 15.5 Å². The number of aryl methyl sites for hydroxylation is 3. The molecule has 0 saturated heterocycles. The number of hydrogen-bond donors (Lipinski definition) is 1. The topological polar surface area (TPSA) is 94.3 Å². The molecule has 0 unspecified atom stereocenters. The summed E-state index contributed by atoms with van der Waals surface area (Å²) in [6.45, 7) is 6.80. The quantitative estimate of drug-likeness (QED) is 0.723. The van der Waals surface area contributed by atoms with Crippen LogP contribution in [0.5, 0.6) is 0 Å². The van der Waals surface area contributed by atoms with E-state index in [1.54, 1.807) is 19.9 Å². The molecule has 0 bridgehead atoms. The minimum atomic E-state index is -0.996. The molecule has 0 radical (unpaired) electrons. The molecule has 1 N–H and O–H groups in total. The summed E-state index contributed by atoms with van der Waals surface area (Å²) in [5.41, 5.74) is 2.52. The molecule has 0 saturated carbocycles. The van der Waals surface area contributed by atoms with Gasteiger partial charge in [0.05, 0.1) is 16.8 Å². The molecule has 0 aliphatic rings. The fraction of sp³-hybridized carbons (Fsp3) is 0.263. The smallest absolute Gasteiger partial charge is 0.341 e. The summed E-state index contributed by atoms with van der Waals surface area (Å²) in [4.78, 5) is 29.3. The Hall–Kier alpha value is -3.22. The average molecular weight is 353 g/mol. The Morgan fingerprint density at radius 2 is 1.92 bits per heavy atom. The van der Waals surface area contributed by atoms with Crippen molar-refractivity contribution < 1.29 is 18.8 Å². The van der Waals surface area contributed by atoms with Gasteiger partial charge in [0.25, 0.3) is 5.91 Å². The maximum Gasteiger partial charge on any atom is 0.341 e. The highest BCUT2D eigenvalue weighted by molar-refractivity contribution is 6.00. The van der Waals surface area contributed by atoms with Gasteiger partial charge in [-0.2, -0.15) is 0 Å². The van der Waals surface area contributed by atoms with E-state index in [0.29, 0.717) is 17.0 Å². The first kappa shape index (κ1) is 17.6. The maximum absolute atomic E-state index is 12.6. The van der Waals surface area contributed by atoms with Crippen LogP contribution in [0, 0.1) is 20.8 Å². The van der Waals surface area contributed by atoms with E-state index < -0.39 is 18.0 Å². The van der Waals surface area contributed by atoms with Crippen molar-refractivity contribution in [2.45, 2.75) is 33.8 Å². The molecular formula is C19H19N3O4. The Morgan fingerprint density at radius 1 is 1.19 bits per heavy atom. The Balaban J connectivity index is 1.79. The van der Waals surface area contributed by atoms with E-state index in [1.807, 2.05) is 31.2 Å². The van der Waals surface area contributed by atoms with Crippen molar-refractivity contribution in [3.05, 3.63) is 52.9 Å². The standard InChI is InChI=1S/C19H19N3O4/c1-10-9-16(22-26-10)21-18(23)13(4)25-19(24)17-11(2)14-7-5-6-8-15(14)20-12(17)3/h5-9,13H,1-4H3,(H,21,22,23)/t13-/m1/s1. The van der Waals surface area contributed by atoms with Crippen molar-refractivity contribution in [3.63, 3.8) is 0 Å². The van der Waals surface area contributed by atoms with E-state index >= 15 is 0 Å². The number of esters is 1. The Bertz CT molecular complexity index is 994. The van der Waals surface area contributed by atoms with Gasteiger partial charge < -0.3 is 14.6 Å². The predicted octanol–water partition coefficient (Wildman–Crippen LogP) is 3.33. The van der Waals surface area contributed by atoms with Crippen molar-refractivity contribution >= 4 is 28.6 Å². The third-order valence-corrected chi connectivity index (χ3v) is 4.07. The molecule has 0 fully saturated rings. The number of aromatic nitrogens is 2. The van der Waals surface area contributed by atoms with Gasteiger partial charge in [0.15, 0.2) is 11.9 Å². The highest BCUT2D eigenvalue weighted by Crippen LogP contribution is 2.23. The molecule has 3 aromatic rings. The Kier molecular flexibility index (Phi) is 4.71. The van der Waals surface area contributed by atoms with Crippen LogP contribution in [-0.4, -0.2) is 28.1 Å². The van der Waals surface area contributed by atoms with Gasteiger partial charge in [-0.05, 0) is 39.3 Å². The van der Waals surface area contributed by atoms with Crippen LogP contribution in [-0.2, 0) is 9.53 Å². The van der Waals surface area contributed by atoms with E-state index in [4.69, 9.17) is 9.26 Å². The number of para-hydroxylation sites is 1. The van der Waals surface area contributed by atoms with Crippen LogP contribution >= 0.6 is 0 Å². The van der Waals surface area contributed by atoms with E-state index in [1.165, 1.54) is 6.92 Å². The highest BCUT2D eigenvalue weighted by atomic mass is 16.5. The van der Waals surface area contributed by atoms with Crippen molar-refractivity contribution in [1.82, 2.24) is 10.1 Å². The number of fused-ring (bicyclic) bond motifs is 1. The summed E-state index contributed by atoms with van der Waals surface area (Å²) < 4.78 is 10.2. The number of benzene rings is 1. The lowest BCUT2D eigenvalue weighted by Gasteiger charge is -2.15. The fourth-order valence-corrected chi connectivity index (χ4v) is 2.76. The first-order valence-corrected chi connectivity index (χ1v) is 8.18. The molecule has 7 nitrogen and oxygen atoms in total. The molecule has 1 atom stereocenters. The van der Waals surface area contributed by atoms with Crippen LogP contribution < -0.4 is 5.32 Å². The lowest BCUT2D eigenvalue weighted by atomic mass is 10.0. The van der Waals surface area contributed by atoms with Gasteiger partial charge in [0.1, 0.15) is 5.76 Å². The molecule has 134 valence electrons. The zero-order valence-corrected chi connectivity index (χ0v) is 15.0. The first-order chi connectivity index (χ1) is 12.4. The monoisotopic (exact) mass is 353 g/mol. The number of amides is 1. The maximum atomic E-state index is 12.6. The zero-order valence-electron chi connectivity index (χ0n) is 15.0. The van der Waals surface area contributed by atoms with Crippen LogP contribution in [0.2, 0.25) is 0 Å². The highest BCUT2D eigenvalue weighted by Gasteiger charge is 2.23. The number of hydrogen-bond acceptors (Lipinski definition) is 6. The second-order valence-corrected chi connectivity index (χ2v) is 6.07. The second kappa shape index (κ2) is 6.95. The summed E-state index contributed by atoms with van der Waals surface area (Å²) in [5, 5.41) is 7.10. The molecule has 1 aromatic carbocycles. The molecular weight excluding hydrogens is 334 g/mol. The van der Waals surface area contributed by atoms with Gasteiger partial charge in [0.2, 0.25) is 0 Å². The van der Waals surface area contributed by atoms with Crippen molar-refractivity contribution in [2.24, 2.45) is 0 Å². The van der Waals surface area contributed by atoms with E-state index in [0.717, 1.165) is 16.5 Å². The third-order valence-electron chi connectivity index (χ3n) is 4.07. The van der Waals surface area contributed by atoms with Crippen LogP contribution in [0.1, 0.15) is 34.3 Å². The molecule has 3 rings (SSSR count). The fourth-order valence-electron chi connectivity index (χ4n) is 2.76. The number of nitrogens with one attached hydrogen (secondary N) is 1. The van der Waals surface area contributed by atoms with Gasteiger partial charge in [-0.3, -0.25) is 9.78 Å². The normalized spacial score (nSPS) is 12.0. The van der Waals surface area contributed by atoms with Crippen LogP contribution in [0.15, 0.2) is 34.9 Å². The predicted molar refractivity (Wildman–Crippen MR) is 96.0 cm³/mol. The summed E-state index contributed by atoms with van der Waals surface area (Å²) in [5.74, 6) is -0.235. The largest absolute Gasteiger partial charge is 0.449 e. The molecule has 1 amide bonds. The Morgan fingerprint density at radius 3 is 2.62 bits per heavy atom. The lowest BCUT2D eigenvalue weighted by Crippen LogP contribution is -2.30. The van der Waals surface area contributed by atoms with Crippen molar-refractivity contribution in [3.8, 4) is 0 Å². The number of nitrogens with zero attached hydrogens (tertiary/aromatic N) is 2. The number of pyridine rings is 1. The molecule has 2 aromatic heterocycles. The molecule has 0 spiro atoms. The number of anilines is 1. The minimum absolute atomic E-state index is 0.273. The number of rotatable bonds is 4. The molecule has 26 heavy (non-hydrogen) atoms. The second-order valence-electron chi connectivity index (χ2n) is 6.07. The molecule has 2 heterocycles. The van der Waals surface area contributed by atoms with Gasteiger partial charge in [-0.25, -0.2) is 4.79 Å². The third kappa shape index (κ3) is 3.42. The molecule has 0 aliphatic heterocycles. The van der Waals surface area contributed by atoms with E-state index in [-0.39, 0.29) is 5.82 Å². The van der Waals surface area contributed by atoms with Gasteiger partial charge in [0, 0.05) is 11.5 Å². The zero-order chi connectivity index (χ0) is 18.8. The van der Waals surface area contributed by atoms with Crippen molar-refractivity contribution in [2.75, 3.05) is 5.32 Å².